The van der Waals surface area contributed by atoms with Crippen LogP contribution in [0.3, 0.4) is 0 Å². The van der Waals surface area contributed by atoms with E-state index in [-0.39, 0.29) is 11.8 Å². The zero-order valence-electron chi connectivity index (χ0n) is 10.6. The Kier molecular flexibility index (Phi) is 5.07. The Morgan fingerprint density at radius 1 is 1.28 bits per heavy atom. The molecule has 5 heteroatoms. The number of likely N-dealkylation sites (N-methyl/N-ethyl adjacent to an activating group) is 1. The molecule has 1 aromatic rings. The van der Waals surface area contributed by atoms with Gasteiger partial charge in [0.1, 0.15) is 0 Å². The van der Waals surface area contributed by atoms with Crippen LogP contribution in [0.15, 0.2) is 30.3 Å². The van der Waals surface area contributed by atoms with Crippen LogP contribution >= 0.6 is 0 Å². The smallest absolute Gasteiger partial charge is 0.269 e. The molecule has 0 bridgehead atoms. The first kappa shape index (κ1) is 13.9. The topological polar surface area (TPSA) is 58.6 Å². The number of benzene rings is 1. The van der Waals surface area contributed by atoms with E-state index in [1.807, 2.05) is 0 Å². The average molecular weight is 248 g/mol. The molecule has 0 radical (unpaired) electrons. The van der Waals surface area contributed by atoms with E-state index in [1.54, 1.807) is 37.4 Å². The van der Waals surface area contributed by atoms with Gasteiger partial charge in [0, 0.05) is 25.7 Å². The molecule has 0 aromatic heterocycles. The maximum Gasteiger partial charge on any atom is 0.269 e. The highest BCUT2D eigenvalue weighted by molar-refractivity contribution is 5.94. The lowest BCUT2D eigenvalue weighted by Gasteiger charge is -2.09. The highest BCUT2D eigenvalue weighted by Crippen LogP contribution is 2.06. The molecule has 0 saturated carbocycles. The summed E-state index contributed by atoms with van der Waals surface area (Å²) in [7, 11) is 4.53. The Hall–Kier alpha value is -2.14. The van der Waals surface area contributed by atoms with Crippen LogP contribution in [0.4, 0.5) is 0 Å². The van der Waals surface area contributed by atoms with Crippen molar-refractivity contribution in [3.05, 3.63) is 41.5 Å². The van der Waals surface area contributed by atoms with Gasteiger partial charge < -0.3 is 5.32 Å². The summed E-state index contributed by atoms with van der Waals surface area (Å²) in [5.74, 6) is -0.395. The van der Waals surface area contributed by atoms with Crippen molar-refractivity contribution in [2.24, 2.45) is 0 Å². The van der Waals surface area contributed by atoms with E-state index in [9.17, 15) is 9.59 Å². The summed E-state index contributed by atoms with van der Waals surface area (Å²) in [6, 6.07) is 6.92. The third kappa shape index (κ3) is 3.71. The number of carbonyl (C=O) groups excluding carboxylic acids is 2. The van der Waals surface area contributed by atoms with Gasteiger partial charge in [-0.3, -0.25) is 14.4 Å². The summed E-state index contributed by atoms with van der Waals surface area (Å²) in [6.07, 6.45) is 3.06. The maximum atomic E-state index is 11.4. The summed E-state index contributed by atoms with van der Waals surface area (Å²) >= 11 is 0. The Morgan fingerprint density at radius 2 is 1.89 bits per heavy atom. The van der Waals surface area contributed by atoms with Gasteiger partial charge in [-0.15, -0.1) is 0 Å². The van der Waals surface area contributed by atoms with Gasteiger partial charge >= 0.3 is 0 Å². The minimum atomic E-state index is -0.257. The molecule has 0 aliphatic heterocycles. The number of hydrogen-bond acceptors (Lipinski definition) is 3. The standard InChI is InChI=1S/C13H16N2O3/c1-14-13(17)11-7-4-10(5-8-11)6-9-12(16)15(2)18-3/h4-9H,1-3H3,(H,14,17)/b9-6+. The third-order valence-corrected chi connectivity index (χ3v) is 2.40. The number of amides is 2. The molecule has 1 rings (SSSR count). The highest BCUT2D eigenvalue weighted by atomic mass is 16.7. The van der Waals surface area contributed by atoms with E-state index < -0.39 is 0 Å². The third-order valence-electron chi connectivity index (χ3n) is 2.40. The lowest BCUT2D eigenvalue weighted by Crippen LogP contribution is -2.22. The Morgan fingerprint density at radius 3 is 2.39 bits per heavy atom. The lowest BCUT2D eigenvalue weighted by molar-refractivity contribution is -0.162. The number of hydrogen-bond donors (Lipinski definition) is 1. The van der Waals surface area contributed by atoms with E-state index in [0.717, 1.165) is 10.6 Å². The molecule has 5 nitrogen and oxygen atoms in total. The molecule has 0 atom stereocenters. The predicted octanol–water partition coefficient (Wildman–Crippen LogP) is 1.08. The number of nitrogens with zero attached hydrogens (tertiary/aromatic N) is 1. The van der Waals surface area contributed by atoms with Crippen molar-refractivity contribution in [3.8, 4) is 0 Å². The Labute approximate surface area is 106 Å². The van der Waals surface area contributed by atoms with Crippen LogP contribution in [-0.4, -0.2) is 38.1 Å². The molecule has 1 N–H and O–H groups in total. The Bertz CT molecular complexity index is 452. The first-order valence-corrected chi connectivity index (χ1v) is 5.40. The van der Waals surface area contributed by atoms with Crippen molar-refractivity contribution in [1.29, 1.82) is 0 Å². The van der Waals surface area contributed by atoms with Gasteiger partial charge in [-0.25, -0.2) is 5.06 Å². The lowest BCUT2D eigenvalue weighted by atomic mass is 10.1. The Balaban J connectivity index is 2.72. The first-order chi connectivity index (χ1) is 8.58. The molecule has 2 amide bonds. The van der Waals surface area contributed by atoms with Gasteiger partial charge in [0.05, 0.1) is 7.11 Å². The molecule has 0 saturated heterocycles. The fraction of sp³-hybridized carbons (Fsp3) is 0.231. The van der Waals surface area contributed by atoms with Crippen LogP contribution in [0.2, 0.25) is 0 Å². The van der Waals surface area contributed by atoms with Crippen LogP contribution in [0.25, 0.3) is 6.08 Å². The van der Waals surface area contributed by atoms with Crippen molar-refractivity contribution in [3.63, 3.8) is 0 Å². The number of hydroxylamine groups is 2. The second-order valence-electron chi connectivity index (χ2n) is 3.55. The second-order valence-corrected chi connectivity index (χ2v) is 3.55. The molecule has 0 spiro atoms. The first-order valence-electron chi connectivity index (χ1n) is 5.40. The second kappa shape index (κ2) is 6.56. The largest absolute Gasteiger partial charge is 0.355 e. The molecule has 0 aliphatic carbocycles. The molecule has 0 fully saturated rings. The summed E-state index contributed by atoms with van der Waals surface area (Å²) in [5, 5.41) is 3.66. The van der Waals surface area contributed by atoms with Crippen molar-refractivity contribution < 1.29 is 14.4 Å². The van der Waals surface area contributed by atoms with Crippen molar-refractivity contribution in [1.82, 2.24) is 10.4 Å². The summed E-state index contributed by atoms with van der Waals surface area (Å²) in [5.41, 5.74) is 1.41. The molecular weight excluding hydrogens is 232 g/mol. The zero-order valence-corrected chi connectivity index (χ0v) is 10.6. The monoisotopic (exact) mass is 248 g/mol. The molecule has 96 valence electrons. The molecule has 0 aliphatic rings. The number of nitrogens with one attached hydrogen (secondary N) is 1. The normalized spacial score (nSPS) is 10.4. The van der Waals surface area contributed by atoms with Gasteiger partial charge in [0.15, 0.2) is 0 Å². The molecule has 1 aromatic carbocycles. The van der Waals surface area contributed by atoms with Gasteiger partial charge in [-0.05, 0) is 23.8 Å². The van der Waals surface area contributed by atoms with Gasteiger partial charge in [0.2, 0.25) is 0 Å². The van der Waals surface area contributed by atoms with E-state index in [0.29, 0.717) is 5.56 Å². The summed E-state index contributed by atoms with van der Waals surface area (Å²) in [6.45, 7) is 0. The van der Waals surface area contributed by atoms with Crippen LogP contribution in [0, 0.1) is 0 Å². The van der Waals surface area contributed by atoms with Gasteiger partial charge in [0.25, 0.3) is 11.8 Å². The van der Waals surface area contributed by atoms with E-state index in [2.05, 4.69) is 5.32 Å². The number of rotatable bonds is 4. The fourth-order valence-electron chi connectivity index (χ4n) is 1.25. The summed E-state index contributed by atoms with van der Waals surface area (Å²) < 4.78 is 0. The van der Waals surface area contributed by atoms with Crippen LogP contribution < -0.4 is 5.32 Å². The molecule has 0 heterocycles. The fourth-order valence-corrected chi connectivity index (χ4v) is 1.25. The minimum Gasteiger partial charge on any atom is -0.355 e. The molecular formula is C13H16N2O3. The zero-order chi connectivity index (χ0) is 13.5. The maximum absolute atomic E-state index is 11.4. The summed E-state index contributed by atoms with van der Waals surface area (Å²) in [4.78, 5) is 27.5. The highest BCUT2D eigenvalue weighted by Gasteiger charge is 2.03. The average Bonchev–Trinajstić information content (AvgIpc) is 2.43. The van der Waals surface area contributed by atoms with Gasteiger partial charge in [-0.2, -0.15) is 0 Å². The van der Waals surface area contributed by atoms with Crippen LogP contribution in [-0.2, 0) is 9.63 Å². The van der Waals surface area contributed by atoms with Gasteiger partial charge in [-0.1, -0.05) is 12.1 Å². The van der Waals surface area contributed by atoms with Crippen LogP contribution in [0.1, 0.15) is 15.9 Å². The number of carbonyl (C=O) groups is 2. The molecule has 0 unspecified atom stereocenters. The predicted molar refractivity (Wildman–Crippen MR) is 68.6 cm³/mol. The van der Waals surface area contributed by atoms with E-state index in [4.69, 9.17) is 4.84 Å². The van der Waals surface area contributed by atoms with Crippen molar-refractivity contribution in [2.75, 3.05) is 21.2 Å². The van der Waals surface area contributed by atoms with Crippen molar-refractivity contribution >= 4 is 17.9 Å². The molecule has 18 heavy (non-hydrogen) atoms. The SMILES string of the molecule is CNC(=O)c1ccc(/C=C/C(=O)N(C)OC)cc1. The van der Waals surface area contributed by atoms with E-state index in [1.165, 1.54) is 20.2 Å². The van der Waals surface area contributed by atoms with Crippen molar-refractivity contribution in [2.45, 2.75) is 0 Å². The van der Waals surface area contributed by atoms with E-state index >= 15 is 0 Å². The van der Waals surface area contributed by atoms with Crippen LogP contribution in [0.5, 0.6) is 0 Å². The minimum absolute atomic E-state index is 0.138. The quantitative estimate of drug-likeness (QED) is 0.640.